The zero-order valence-corrected chi connectivity index (χ0v) is 15.9. The number of aliphatic hydroxyl groups excluding tert-OH is 1. The number of carboxylic acids is 1. The molecule has 7 nitrogen and oxygen atoms in total. The Labute approximate surface area is 163 Å². The monoisotopic (exact) mass is 387 g/mol. The molecule has 1 aliphatic heterocycles. The summed E-state index contributed by atoms with van der Waals surface area (Å²) >= 11 is 0. The van der Waals surface area contributed by atoms with Crippen LogP contribution in [0.4, 0.5) is 0 Å². The molecule has 1 aliphatic rings. The van der Waals surface area contributed by atoms with E-state index < -0.39 is 18.2 Å². The second kappa shape index (κ2) is 8.58. The van der Waals surface area contributed by atoms with Crippen LogP contribution in [0, 0.1) is 5.92 Å². The smallest absolute Gasteiger partial charge is 0.371 e. The van der Waals surface area contributed by atoms with E-state index in [1.54, 1.807) is 6.07 Å². The lowest BCUT2D eigenvalue weighted by molar-refractivity contribution is -0.119. The van der Waals surface area contributed by atoms with Crippen molar-refractivity contribution in [3.05, 3.63) is 59.0 Å². The molecule has 7 heteroatoms. The minimum atomic E-state index is -1.15. The van der Waals surface area contributed by atoms with Gasteiger partial charge in [0, 0.05) is 6.42 Å². The number of aliphatic hydroxyl groups is 1. The van der Waals surface area contributed by atoms with Crippen molar-refractivity contribution in [2.75, 3.05) is 6.61 Å². The van der Waals surface area contributed by atoms with Crippen molar-refractivity contribution >= 4 is 11.9 Å². The first-order chi connectivity index (χ1) is 13.3. The second-order valence-electron chi connectivity index (χ2n) is 7.38. The highest BCUT2D eigenvalue weighted by Gasteiger charge is 2.26. The van der Waals surface area contributed by atoms with Crippen LogP contribution in [0.3, 0.4) is 0 Å². The van der Waals surface area contributed by atoms with Crippen LogP contribution >= 0.6 is 0 Å². The molecule has 1 aromatic heterocycles. The first kappa shape index (κ1) is 20.1. The van der Waals surface area contributed by atoms with E-state index in [-0.39, 0.29) is 30.2 Å². The highest BCUT2D eigenvalue weighted by atomic mass is 16.5. The number of nitrogens with one attached hydrogen (secondary N) is 1. The van der Waals surface area contributed by atoms with Crippen molar-refractivity contribution in [3.8, 4) is 0 Å². The average Bonchev–Trinajstić information content (AvgIpc) is 3.31. The second-order valence-corrected chi connectivity index (χ2v) is 7.38. The van der Waals surface area contributed by atoms with Gasteiger partial charge in [0.15, 0.2) is 0 Å². The molecule has 1 aromatic carbocycles. The Morgan fingerprint density at radius 3 is 2.43 bits per heavy atom. The normalized spacial score (nSPS) is 18.9. The lowest BCUT2D eigenvalue weighted by atomic mass is 9.97. The number of hydrogen-bond acceptors (Lipinski definition) is 5. The van der Waals surface area contributed by atoms with Crippen LogP contribution in [0.15, 0.2) is 40.8 Å². The number of rotatable bonds is 8. The van der Waals surface area contributed by atoms with Crippen LogP contribution in [0.5, 0.6) is 0 Å². The standard InChI is InChI=1S/C21H25NO6/c1-12(2)19(24)13-3-5-14(6-4-13)20(16-8-9-17(28-16)21(25)26)27-11-15-7-10-18(23)22-15/h3-6,8-9,12,15,19-20,24H,7,10-11H2,1-2H3,(H,22,23)(H,25,26)/t15?,19?,20-/m1/s1. The predicted molar refractivity (Wildman–Crippen MR) is 101 cm³/mol. The summed E-state index contributed by atoms with van der Waals surface area (Å²) in [5, 5.41) is 22.2. The first-order valence-corrected chi connectivity index (χ1v) is 9.37. The lowest BCUT2D eigenvalue weighted by Crippen LogP contribution is -2.30. The van der Waals surface area contributed by atoms with Crippen LogP contribution in [-0.2, 0) is 9.53 Å². The fourth-order valence-corrected chi connectivity index (χ4v) is 3.22. The Bertz CT molecular complexity index is 826. The third-order valence-electron chi connectivity index (χ3n) is 4.86. The van der Waals surface area contributed by atoms with Crippen molar-refractivity contribution in [2.45, 2.75) is 44.9 Å². The topological polar surface area (TPSA) is 109 Å². The molecule has 0 radical (unpaired) electrons. The van der Waals surface area contributed by atoms with Crippen LogP contribution in [0.25, 0.3) is 0 Å². The quantitative estimate of drug-likeness (QED) is 0.642. The summed E-state index contributed by atoms with van der Waals surface area (Å²) in [7, 11) is 0. The van der Waals surface area contributed by atoms with E-state index in [2.05, 4.69) is 5.32 Å². The molecule has 3 atom stereocenters. The fourth-order valence-electron chi connectivity index (χ4n) is 3.22. The highest BCUT2D eigenvalue weighted by molar-refractivity contribution is 5.84. The van der Waals surface area contributed by atoms with E-state index in [4.69, 9.17) is 14.3 Å². The molecule has 2 heterocycles. The molecule has 28 heavy (non-hydrogen) atoms. The summed E-state index contributed by atoms with van der Waals surface area (Å²) in [6.07, 6.45) is -0.00578. The van der Waals surface area contributed by atoms with Crippen molar-refractivity contribution in [3.63, 3.8) is 0 Å². The molecule has 3 N–H and O–H groups in total. The minimum Gasteiger partial charge on any atom is -0.475 e. The third-order valence-corrected chi connectivity index (χ3v) is 4.86. The Morgan fingerprint density at radius 2 is 1.89 bits per heavy atom. The number of ether oxygens (including phenoxy) is 1. The van der Waals surface area contributed by atoms with E-state index in [0.29, 0.717) is 18.6 Å². The number of carbonyl (C=O) groups is 2. The maximum Gasteiger partial charge on any atom is 0.371 e. The fraction of sp³-hybridized carbons (Fsp3) is 0.429. The summed E-state index contributed by atoms with van der Waals surface area (Å²) in [5.74, 6) is -0.845. The molecule has 0 spiro atoms. The van der Waals surface area contributed by atoms with Gasteiger partial charge in [0.2, 0.25) is 11.7 Å². The largest absolute Gasteiger partial charge is 0.475 e. The number of furan rings is 1. The zero-order chi connectivity index (χ0) is 20.3. The van der Waals surface area contributed by atoms with Crippen LogP contribution in [0.1, 0.15) is 66.3 Å². The van der Waals surface area contributed by atoms with E-state index in [0.717, 1.165) is 11.1 Å². The molecule has 3 rings (SSSR count). The van der Waals surface area contributed by atoms with Gasteiger partial charge in [-0.15, -0.1) is 0 Å². The molecule has 0 bridgehead atoms. The molecule has 1 saturated heterocycles. The SMILES string of the molecule is CC(C)C(O)c1ccc([C@@H](OCC2CCC(=O)N2)c2ccc(C(=O)O)o2)cc1. The van der Waals surface area contributed by atoms with Gasteiger partial charge < -0.3 is 24.7 Å². The lowest BCUT2D eigenvalue weighted by Gasteiger charge is -2.20. The van der Waals surface area contributed by atoms with Crippen molar-refractivity contribution in [1.29, 1.82) is 0 Å². The molecule has 0 saturated carbocycles. The van der Waals surface area contributed by atoms with Gasteiger partial charge in [0.25, 0.3) is 0 Å². The van der Waals surface area contributed by atoms with Gasteiger partial charge in [0.05, 0.1) is 18.8 Å². The molecular formula is C21H25NO6. The summed E-state index contributed by atoms with van der Waals surface area (Å²) in [6.45, 7) is 4.17. The van der Waals surface area contributed by atoms with Crippen molar-refractivity contribution in [1.82, 2.24) is 5.32 Å². The Kier molecular flexibility index (Phi) is 6.16. The first-order valence-electron chi connectivity index (χ1n) is 9.37. The van der Waals surface area contributed by atoms with Crippen LogP contribution < -0.4 is 5.32 Å². The average molecular weight is 387 g/mol. The summed E-state index contributed by atoms with van der Waals surface area (Å²) < 4.78 is 11.5. The summed E-state index contributed by atoms with van der Waals surface area (Å²) in [6, 6.07) is 10.2. The molecule has 150 valence electrons. The van der Waals surface area contributed by atoms with Gasteiger partial charge in [-0.3, -0.25) is 4.79 Å². The number of hydrogen-bond donors (Lipinski definition) is 3. The van der Waals surface area contributed by atoms with Gasteiger partial charge in [-0.05, 0) is 35.6 Å². The number of benzene rings is 1. The molecule has 1 fully saturated rings. The maximum atomic E-state index is 11.4. The number of carboxylic acid groups (broad SMARTS) is 1. The molecule has 1 amide bonds. The van der Waals surface area contributed by atoms with E-state index in [9.17, 15) is 14.7 Å². The molecular weight excluding hydrogens is 362 g/mol. The minimum absolute atomic E-state index is 0.00309. The van der Waals surface area contributed by atoms with Crippen LogP contribution in [-0.4, -0.2) is 34.7 Å². The van der Waals surface area contributed by atoms with Crippen molar-refractivity contribution in [2.24, 2.45) is 5.92 Å². The zero-order valence-electron chi connectivity index (χ0n) is 15.9. The van der Waals surface area contributed by atoms with E-state index >= 15 is 0 Å². The maximum absolute atomic E-state index is 11.4. The van der Waals surface area contributed by atoms with Gasteiger partial charge in [-0.1, -0.05) is 38.1 Å². The van der Waals surface area contributed by atoms with Gasteiger partial charge in [-0.25, -0.2) is 4.79 Å². The Morgan fingerprint density at radius 1 is 1.21 bits per heavy atom. The van der Waals surface area contributed by atoms with Gasteiger partial charge >= 0.3 is 5.97 Å². The Balaban J connectivity index is 1.82. The molecule has 0 aliphatic carbocycles. The predicted octanol–water partition coefficient (Wildman–Crippen LogP) is 3.05. The summed E-state index contributed by atoms with van der Waals surface area (Å²) in [5.41, 5.74) is 1.57. The Hall–Kier alpha value is -2.64. The number of aromatic carboxylic acids is 1. The molecule has 2 aromatic rings. The summed E-state index contributed by atoms with van der Waals surface area (Å²) in [4.78, 5) is 22.5. The van der Waals surface area contributed by atoms with Gasteiger partial charge in [-0.2, -0.15) is 0 Å². The third kappa shape index (κ3) is 4.61. The van der Waals surface area contributed by atoms with E-state index in [1.165, 1.54) is 6.07 Å². The highest BCUT2D eigenvalue weighted by Crippen LogP contribution is 2.30. The number of amides is 1. The molecule has 2 unspecified atom stereocenters. The van der Waals surface area contributed by atoms with Crippen LogP contribution in [0.2, 0.25) is 0 Å². The van der Waals surface area contributed by atoms with Crippen molar-refractivity contribution < 1.29 is 29.0 Å². The van der Waals surface area contributed by atoms with E-state index in [1.807, 2.05) is 38.1 Å². The van der Waals surface area contributed by atoms with Gasteiger partial charge in [0.1, 0.15) is 11.9 Å². The number of carbonyl (C=O) groups excluding carboxylic acids is 1.